The Balaban J connectivity index is 3.05. The van der Waals surface area contributed by atoms with Crippen molar-refractivity contribution >= 4 is 20.1 Å². The maximum Gasteiger partial charge on any atom is 0.253 e. The van der Waals surface area contributed by atoms with E-state index in [9.17, 15) is 4.79 Å². The van der Waals surface area contributed by atoms with Crippen LogP contribution in [0.25, 0.3) is 0 Å². The number of hydrogen-bond donors (Lipinski definition) is 0. The first-order valence-electron chi connectivity index (χ1n) is 5.35. The molecule has 0 aliphatic rings. The molecule has 0 unspecified atom stereocenters. The quantitative estimate of drug-likeness (QED) is 0.736. The van der Waals surface area contributed by atoms with Gasteiger partial charge in [-0.1, -0.05) is 18.2 Å². The maximum absolute atomic E-state index is 12.0. The van der Waals surface area contributed by atoms with Gasteiger partial charge in [0.15, 0.2) is 0 Å². The van der Waals surface area contributed by atoms with Crippen LogP contribution in [-0.4, -0.2) is 40.5 Å². The van der Waals surface area contributed by atoms with Crippen LogP contribution in [0.15, 0.2) is 24.3 Å². The van der Waals surface area contributed by atoms with E-state index in [1.165, 1.54) is 0 Å². The fraction of sp³-hybridized carbons (Fsp3) is 0.417. The number of hydrogen-bond acceptors (Lipinski definition) is 2. The average Bonchev–Trinajstić information content (AvgIpc) is 2.28. The van der Waals surface area contributed by atoms with Gasteiger partial charge in [0, 0.05) is 26.3 Å². The summed E-state index contributed by atoms with van der Waals surface area (Å²) in [4.78, 5) is 13.6. The van der Waals surface area contributed by atoms with Gasteiger partial charge in [0.05, 0.1) is 0 Å². The third kappa shape index (κ3) is 2.93. The summed E-state index contributed by atoms with van der Waals surface area (Å²) < 4.78 is 5.63. The fourth-order valence-corrected chi connectivity index (χ4v) is 3.00. The Hall–Kier alpha value is -1.13. The number of nitrogens with zero attached hydrogens (tertiary/aromatic N) is 1. The second-order valence-electron chi connectivity index (χ2n) is 3.73. The first kappa shape index (κ1) is 12.9. The highest BCUT2D eigenvalue weighted by Crippen LogP contribution is 2.02. The van der Waals surface area contributed by atoms with Crippen LogP contribution in [0, 0.1) is 0 Å². The molecule has 1 aromatic rings. The fourth-order valence-electron chi connectivity index (χ4n) is 1.51. The lowest BCUT2D eigenvalue weighted by Gasteiger charge is -2.16. The molecule has 4 heteroatoms. The van der Waals surface area contributed by atoms with Crippen LogP contribution in [-0.2, 0) is 4.43 Å². The third-order valence-corrected chi connectivity index (χ3v) is 4.22. The maximum atomic E-state index is 12.0. The third-order valence-electron chi connectivity index (χ3n) is 2.30. The zero-order valence-corrected chi connectivity index (χ0v) is 11.3. The highest BCUT2D eigenvalue weighted by Gasteiger charge is 2.18. The Morgan fingerprint density at radius 1 is 1.38 bits per heavy atom. The van der Waals surface area contributed by atoms with Gasteiger partial charge in [-0.15, -0.1) is 0 Å². The van der Waals surface area contributed by atoms with Crippen molar-refractivity contribution in [1.82, 2.24) is 4.90 Å². The molecule has 0 fully saturated rings. The van der Waals surface area contributed by atoms with Gasteiger partial charge in [-0.05, 0) is 24.7 Å². The summed E-state index contributed by atoms with van der Waals surface area (Å²) in [5, 5.41) is 1.05. The van der Waals surface area contributed by atoms with Crippen molar-refractivity contribution in [3.63, 3.8) is 0 Å². The Kier molecular flexibility index (Phi) is 4.70. The number of carbonyl (C=O) groups is 1. The first-order valence-corrected chi connectivity index (χ1v) is 7.26. The zero-order valence-electron chi connectivity index (χ0n) is 10.3. The molecule has 0 saturated heterocycles. The van der Waals surface area contributed by atoms with Crippen molar-refractivity contribution in [2.24, 2.45) is 0 Å². The smallest absolute Gasteiger partial charge is 0.253 e. The van der Waals surface area contributed by atoms with Crippen molar-refractivity contribution < 1.29 is 9.22 Å². The molecule has 87 valence electrons. The van der Waals surface area contributed by atoms with Gasteiger partial charge in [-0.3, -0.25) is 4.79 Å². The van der Waals surface area contributed by atoms with Crippen molar-refractivity contribution in [2.45, 2.75) is 13.5 Å². The van der Waals surface area contributed by atoms with E-state index >= 15 is 0 Å². The molecular weight excluding hydrogens is 218 g/mol. The minimum absolute atomic E-state index is 0.0413. The van der Waals surface area contributed by atoms with Crippen molar-refractivity contribution in [3.05, 3.63) is 29.8 Å². The van der Waals surface area contributed by atoms with Gasteiger partial charge in [-0.2, -0.15) is 0 Å². The summed E-state index contributed by atoms with van der Waals surface area (Å²) in [6, 6.07) is 7.70. The summed E-state index contributed by atoms with van der Waals surface area (Å²) in [6.07, 6.45) is 0. The molecule has 0 aliphatic heterocycles. The molecule has 1 rings (SSSR count). The monoisotopic (exact) mass is 236 g/mol. The minimum atomic E-state index is -1.07. The van der Waals surface area contributed by atoms with E-state index in [0.717, 1.165) is 10.8 Å². The van der Waals surface area contributed by atoms with Gasteiger partial charge < -0.3 is 9.33 Å². The Labute approximate surface area is 98.8 Å². The number of rotatable bonds is 4. The molecule has 0 heterocycles. The Bertz CT molecular complexity index is 366. The highest BCUT2D eigenvalue weighted by molar-refractivity contribution is 6.67. The Morgan fingerprint density at radius 2 is 2.00 bits per heavy atom. The van der Waals surface area contributed by atoms with E-state index in [0.29, 0.717) is 6.61 Å². The van der Waals surface area contributed by atoms with Crippen LogP contribution in [0.5, 0.6) is 0 Å². The normalized spacial score (nSPS) is 10.6. The van der Waals surface area contributed by atoms with Gasteiger partial charge in [-0.25, -0.2) is 0 Å². The van der Waals surface area contributed by atoms with Crippen LogP contribution in [0.2, 0.25) is 6.55 Å². The molecule has 3 nitrogen and oxygen atoms in total. The van der Waals surface area contributed by atoms with E-state index in [4.69, 9.17) is 4.43 Å². The first-order chi connectivity index (χ1) is 7.57. The van der Waals surface area contributed by atoms with E-state index < -0.39 is 9.04 Å². The van der Waals surface area contributed by atoms with Crippen molar-refractivity contribution in [1.29, 1.82) is 0 Å². The van der Waals surface area contributed by atoms with Crippen molar-refractivity contribution in [3.8, 4) is 0 Å². The molecule has 1 amide bonds. The summed E-state index contributed by atoms with van der Waals surface area (Å²) in [5.41, 5.74) is 0.761. The highest BCUT2D eigenvalue weighted by atomic mass is 28.3. The summed E-state index contributed by atoms with van der Waals surface area (Å²) >= 11 is 0. The second-order valence-corrected chi connectivity index (χ2v) is 5.67. The zero-order chi connectivity index (χ0) is 12.1. The van der Waals surface area contributed by atoms with Crippen LogP contribution in [0.3, 0.4) is 0 Å². The largest absolute Gasteiger partial charge is 0.412 e. The molecule has 1 aromatic carbocycles. The standard InChI is InChI=1S/C12H18NO2Si/c1-5-15-16(4)11-9-7-6-8-10(11)12(14)13(2)3/h6-9H,5H2,1-4H3. The van der Waals surface area contributed by atoms with E-state index in [-0.39, 0.29) is 5.91 Å². The predicted octanol–water partition coefficient (Wildman–Crippen LogP) is 1.25. The second kappa shape index (κ2) is 5.82. The van der Waals surface area contributed by atoms with E-state index in [1.807, 2.05) is 31.2 Å². The number of benzene rings is 1. The average molecular weight is 236 g/mol. The van der Waals surface area contributed by atoms with E-state index in [2.05, 4.69) is 6.55 Å². The summed E-state index contributed by atoms with van der Waals surface area (Å²) in [5.74, 6) is 0.0413. The molecule has 0 N–H and O–H groups in total. The molecule has 16 heavy (non-hydrogen) atoms. The molecule has 0 spiro atoms. The summed E-state index contributed by atoms with van der Waals surface area (Å²) in [6.45, 7) is 4.73. The van der Waals surface area contributed by atoms with Crippen LogP contribution >= 0.6 is 0 Å². The molecule has 1 radical (unpaired) electrons. The molecule has 0 atom stereocenters. The molecule has 0 aromatic heterocycles. The lowest BCUT2D eigenvalue weighted by molar-refractivity contribution is 0.0828. The lowest BCUT2D eigenvalue weighted by Crippen LogP contribution is -2.37. The van der Waals surface area contributed by atoms with Crippen molar-refractivity contribution in [2.75, 3.05) is 20.7 Å². The number of carbonyl (C=O) groups excluding carboxylic acids is 1. The van der Waals surface area contributed by atoms with Crippen LogP contribution in [0.4, 0.5) is 0 Å². The predicted molar refractivity (Wildman–Crippen MR) is 67.3 cm³/mol. The lowest BCUT2D eigenvalue weighted by atomic mass is 10.2. The molecule has 0 aliphatic carbocycles. The summed E-state index contributed by atoms with van der Waals surface area (Å²) in [7, 11) is 2.46. The SMILES string of the molecule is CCO[Si](C)c1ccccc1C(=O)N(C)C. The van der Waals surface area contributed by atoms with Gasteiger partial charge in [0.1, 0.15) is 0 Å². The Morgan fingerprint density at radius 3 is 2.56 bits per heavy atom. The topological polar surface area (TPSA) is 29.5 Å². The minimum Gasteiger partial charge on any atom is -0.412 e. The van der Waals surface area contributed by atoms with Crippen LogP contribution < -0.4 is 5.19 Å². The van der Waals surface area contributed by atoms with Gasteiger partial charge in [0.25, 0.3) is 5.91 Å². The van der Waals surface area contributed by atoms with Gasteiger partial charge >= 0.3 is 0 Å². The van der Waals surface area contributed by atoms with E-state index in [1.54, 1.807) is 19.0 Å². The molecule has 0 saturated carbocycles. The molecular formula is C12H18NO2Si. The number of amides is 1. The van der Waals surface area contributed by atoms with Crippen LogP contribution in [0.1, 0.15) is 17.3 Å². The van der Waals surface area contributed by atoms with Gasteiger partial charge in [0.2, 0.25) is 9.04 Å². The molecule has 0 bridgehead atoms.